The van der Waals surface area contributed by atoms with Gasteiger partial charge in [-0.1, -0.05) is 19.1 Å². The number of fused-ring (bicyclic) bond motifs is 2. The molecule has 29 heavy (non-hydrogen) atoms. The molecule has 1 aromatic rings. The number of hydrogen-bond acceptors (Lipinski definition) is 5. The Morgan fingerprint density at radius 2 is 1.97 bits per heavy atom. The minimum absolute atomic E-state index is 0.200. The molecule has 9 heteroatoms. The van der Waals surface area contributed by atoms with Crippen LogP contribution in [0.15, 0.2) is 18.2 Å². The van der Waals surface area contributed by atoms with Crippen LogP contribution in [0.1, 0.15) is 24.5 Å². The van der Waals surface area contributed by atoms with Gasteiger partial charge in [0.15, 0.2) is 0 Å². The highest BCUT2D eigenvalue weighted by atomic mass is 19.4. The van der Waals surface area contributed by atoms with Gasteiger partial charge < -0.3 is 19.8 Å². The van der Waals surface area contributed by atoms with Crippen LogP contribution in [-0.4, -0.2) is 84.1 Å². The number of hydrogen-bond donors (Lipinski definition) is 2. The summed E-state index contributed by atoms with van der Waals surface area (Å²) in [5, 5.41) is 17.3. The molecule has 1 saturated heterocycles. The number of likely N-dealkylation sites (N-methyl/N-ethyl adjacent to an activating group) is 1. The van der Waals surface area contributed by atoms with Crippen molar-refractivity contribution in [1.29, 1.82) is 0 Å². The van der Waals surface area contributed by atoms with Gasteiger partial charge in [-0.15, -0.1) is 0 Å². The molecule has 0 aromatic heterocycles. The van der Waals surface area contributed by atoms with E-state index < -0.39 is 12.1 Å². The van der Waals surface area contributed by atoms with E-state index in [2.05, 4.69) is 36.9 Å². The Kier molecular flexibility index (Phi) is 7.90. The first-order chi connectivity index (χ1) is 13.5. The van der Waals surface area contributed by atoms with E-state index in [4.69, 9.17) is 14.6 Å². The number of morpholine rings is 1. The van der Waals surface area contributed by atoms with Gasteiger partial charge in [0.05, 0.1) is 12.2 Å². The maximum Gasteiger partial charge on any atom is 0.490 e. The standard InChI is InChI=1S/C18H28N2O2.C2HF3O2/c1-4-8-20-12-14(11-19(2)3)22-18-10-15-13(9-16(18)20)6-5-7-17(15)21;3-2(4,5)1(6)7/h5-7,14,16,18,21H,4,8-12H2,1-3H3;(H,6,7)/t14-,16+,18+;/m0./s1. The minimum Gasteiger partial charge on any atom is -0.508 e. The van der Waals surface area contributed by atoms with E-state index in [1.165, 1.54) is 12.0 Å². The zero-order chi connectivity index (χ0) is 21.8. The summed E-state index contributed by atoms with van der Waals surface area (Å²) in [7, 11) is 4.20. The number of benzene rings is 1. The first-order valence-electron chi connectivity index (χ1n) is 9.67. The fourth-order valence-corrected chi connectivity index (χ4v) is 3.98. The predicted octanol–water partition coefficient (Wildman–Crippen LogP) is 2.53. The number of aliphatic carboxylic acids is 1. The first-order valence-corrected chi connectivity index (χ1v) is 9.67. The lowest BCUT2D eigenvalue weighted by Crippen LogP contribution is -2.59. The van der Waals surface area contributed by atoms with Gasteiger partial charge in [0.1, 0.15) is 5.75 Å². The Morgan fingerprint density at radius 1 is 1.31 bits per heavy atom. The summed E-state index contributed by atoms with van der Waals surface area (Å²) in [6.07, 6.45) is -1.63. The molecule has 0 amide bonds. The summed E-state index contributed by atoms with van der Waals surface area (Å²) < 4.78 is 38.1. The molecule has 1 heterocycles. The van der Waals surface area contributed by atoms with Crippen molar-refractivity contribution in [3.8, 4) is 5.75 Å². The third-order valence-corrected chi connectivity index (χ3v) is 5.11. The summed E-state index contributed by atoms with van der Waals surface area (Å²) in [5.41, 5.74) is 2.38. The van der Waals surface area contributed by atoms with Gasteiger partial charge in [-0.05, 0) is 50.7 Å². The van der Waals surface area contributed by atoms with E-state index in [-0.39, 0.29) is 12.2 Å². The monoisotopic (exact) mass is 418 g/mol. The van der Waals surface area contributed by atoms with Gasteiger partial charge in [-0.25, -0.2) is 4.79 Å². The zero-order valence-electron chi connectivity index (χ0n) is 16.9. The van der Waals surface area contributed by atoms with Crippen LogP contribution >= 0.6 is 0 Å². The maximum absolute atomic E-state index is 10.6. The fraction of sp³-hybridized carbons (Fsp3) is 0.650. The Hall–Kier alpha value is -1.84. The van der Waals surface area contributed by atoms with E-state index in [0.717, 1.165) is 38.0 Å². The van der Waals surface area contributed by atoms with Crippen LogP contribution in [0.2, 0.25) is 0 Å². The molecule has 0 bridgehead atoms. The zero-order valence-corrected chi connectivity index (χ0v) is 16.9. The topological polar surface area (TPSA) is 73.2 Å². The largest absolute Gasteiger partial charge is 0.508 e. The van der Waals surface area contributed by atoms with E-state index in [0.29, 0.717) is 11.8 Å². The molecular weight excluding hydrogens is 389 g/mol. The van der Waals surface area contributed by atoms with Gasteiger partial charge in [0, 0.05) is 25.6 Å². The van der Waals surface area contributed by atoms with E-state index in [1.54, 1.807) is 6.07 Å². The fourth-order valence-electron chi connectivity index (χ4n) is 3.98. The average molecular weight is 418 g/mol. The van der Waals surface area contributed by atoms with E-state index >= 15 is 0 Å². The Morgan fingerprint density at radius 3 is 2.52 bits per heavy atom. The average Bonchev–Trinajstić information content (AvgIpc) is 2.60. The molecule has 0 radical (unpaired) electrons. The van der Waals surface area contributed by atoms with E-state index in [9.17, 15) is 18.3 Å². The number of rotatable bonds is 4. The van der Waals surface area contributed by atoms with Crippen molar-refractivity contribution in [3.05, 3.63) is 29.3 Å². The number of ether oxygens (including phenoxy) is 1. The molecule has 164 valence electrons. The third-order valence-electron chi connectivity index (χ3n) is 5.11. The van der Waals surface area contributed by atoms with Gasteiger partial charge in [-0.3, -0.25) is 4.90 Å². The van der Waals surface area contributed by atoms with Crippen molar-refractivity contribution in [2.24, 2.45) is 0 Å². The molecule has 0 saturated carbocycles. The second-order valence-electron chi connectivity index (χ2n) is 7.75. The molecule has 0 spiro atoms. The molecule has 1 aliphatic heterocycles. The molecule has 6 nitrogen and oxygen atoms in total. The highest BCUT2D eigenvalue weighted by Crippen LogP contribution is 2.35. The lowest BCUT2D eigenvalue weighted by atomic mass is 9.83. The van der Waals surface area contributed by atoms with Crippen molar-refractivity contribution < 1.29 is 32.9 Å². The molecule has 1 aromatic carbocycles. The first kappa shape index (κ1) is 23.4. The van der Waals surface area contributed by atoms with Gasteiger partial charge in [0.2, 0.25) is 0 Å². The van der Waals surface area contributed by atoms with E-state index in [1.807, 2.05) is 6.07 Å². The number of aromatic hydroxyl groups is 1. The van der Waals surface area contributed by atoms with Crippen LogP contribution in [0.3, 0.4) is 0 Å². The number of phenols is 1. The second-order valence-corrected chi connectivity index (χ2v) is 7.75. The van der Waals surface area contributed by atoms with Crippen LogP contribution in [-0.2, 0) is 22.4 Å². The minimum atomic E-state index is -5.08. The van der Waals surface area contributed by atoms with Crippen LogP contribution in [0.4, 0.5) is 13.2 Å². The quantitative estimate of drug-likeness (QED) is 0.783. The van der Waals surface area contributed by atoms with Crippen molar-refractivity contribution >= 4 is 5.97 Å². The molecule has 1 fully saturated rings. The van der Waals surface area contributed by atoms with Gasteiger partial charge in [-0.2, -0.15) is 13.2 Å². The summed E-state index contributed by atoms with van der Waals surface area (Å²) in [6, 6.07) is 6.36. The number of nitrogens with zero attached hydrogens (tertiary/aromatic N) is 2. The predicted molar refractivity (Wildman–Crippen MR) is 102 cm³/mol. The number of phenolic OH excluding ortho intramolecular Hbond substituents is 1. The van der Waals surface area contributed by atoms with Crippen LogP contribution < -0.4 is 0 Å². The van der Waals surface area contributed by atoms with Crippen molar-refractivity contribution in [1.82, 2.24) is 9.80 Å². The van der Waals surface area contributed by atoms with Crippen LogP contribution in [0.25, 0.3) is 0 Å². The number of carboxylic acid groups (broad SMARTS) is 1. The van der Waals surface area contributed by atoms with Crippen molar-refractivity contribution in [2.75, 3.05) is 33.7 Å². The number of alkyl halides is 3. The maximum atomic E-state index is 10.6. The molecule has 2 aliphatic rings. The summed E-state index contributed by atoms with van der Waals surface area (Å²) in [4.78, 5) is 13.7. The molecular formula is C20H29F3N2O4. The highest BCUT2D eigenvalue weighted by Gasteiger charge is 2.40. The normalized spacial score (nSPS) is 24.3. The summed E-state index contributed by atoms with van der Waals surface area (Å²) in [6.45, 7) is 5.34. The van der Waals surface area contributed by atoms with Crippen LogP contribution in [0, 0.1) is 0 Å². The lowest BCUT2D eigenvalue weighted by Gasteiger charge is -2.48. The molecule has 0 unspecified atom stereocenters. The Bertz CT molecular complexity index is 697. The SMILES string of the molecule is CCCN1C[C@H](CN(C)C)O[C@@H]2Cc3c(O)cccc3C[C@H]21.O=C(O)C(F)(F)F. The van der Waals surface area contributed by atoms with Crippen molar-refractivity contribution in [2.45, 2.75) is 50.6 Å². The summed E-state index contributed by atoms with van der Waals surface area (Å²) >= 11 is 0. The molecule has 2 N–H and O–H groups in total. The summed E-state index contributed by atoms with van der Waals surface area (Å²) in [5.74, 6) is -2.33. The lowest BCUT2D eigenvalue weighted by molar-refractivity contribution is -0.192. The van der Waals surface area contributed by atoms with Crippen molar-refractivity contribution in [3.63, 3.8) is 0 Å². The molecule has 3 rings (SSSR count). The second kappa shape index (κ2) is 9.77. The Balaban J connectivity index is 0.000000370. The van der Waals surface area contributed by atoms with Gasteiger partial charge in [0.25, 0.3) is 0 Å². The molecule has 3 atom stereocenters. The smallest absolute Gasteiger partial charge is 0.490 e. The number of carbonyl (C=O) groups is 1. The third kappa shape index (κ3) is 6.32. The number of carboxylic acids is 1. The van der Waals surface area contributed by atoms with Crippen LogP contribution in [0.5, 0.6) is 5.75 Å². The highest BCUT2D eigenvalue weighted by molar-refractivity contribution is 5.73. The number of halogens is 3. The Labute approximate surface area is 168 Å². The van der Waals surface area contributed by atoms with Gasteiger partial charge >= 0.3 is 12.1 Å². The molecule has 1 aliphatic carbocycles.